The molecule has 0 aromatic heterocycles. The van der Waals surface area contributed by atoms with E-state index in [1.54, 1.807) is 0 Å². The number of carbonyl (C=O) groups is 1. The Morgan fingerprint density at radius 3 is 2.40 bits per heavy atom. The van der Waals surface area contributed by atoms with Crippen LogP contribution in [-0.4, -0.2) is 29.7 Å². The molecule has 1 amide bonds. The summed E-state index contributed by atoms with van der Waals surface area (Å²) in [5, 5.41) is 9.34. The summed E-state index contributed by atoms with van der Waals surface area (Å²) in [4.78, 5) is 13.2. The van der Waals surface area contributed by atoms with Gasteiger partial charge in [-0.3, -0.25) is 15.2 Å². The molecule has 2 atom stereocenters. The normalized spacial score (nSPS) is 22.5. The number of halogens is 2. The summed E-state index contributed by atoms with van der Waals surface area (Å²) in [6.45, 7) is 3.83. The molecule has 0 bridgehead atoms. The van der Waals surface area contributed by atoms with Gasteiger partial charge in [0.2, 0.25) is 0 Å². The molecule has 1 fully saturated rings. The van der Waals surface area contributed by atoms with Crippen LogP contribution in [-0.2, 0) is 4.79 Å². The van der Waals surface area contributed by atoms with Gasteiger partial charge in [-0.2, -0.15) is 5.10 Å². The van der Waals surface area contributed by atoms with Crippen LogP contribution in [0.3, 0.4) is 0 Å². The van der Waals surface area contributed by atoms with Crippen LogP contribution in [0.4, 0.5) is 5.69 Å². The minimum Gasteiger partial charge on any atom is -0.284 e. The Morgan fingerprint density at radius 1 is 1.07 bits per heavy atom. The minimum absolute atomic E-state index is 0.0885. The average molecular weight is 490 g/mol. The molecule has 0 spiro atoms. The van der Waals surface area contributed by atoms with Crippen LogP contribution in [0.1, 0.15) is 44.2 Å². The number of benzene rings is 2. The molecule has 2 aromatic rings. The zero-order valence-corrected chi connectivity index (χ0v) is 19.4. The lowest BCUT2D eigenvalue weighted by molar-refractivity contribution is -0.119. The molecule has 158 valence electrons. The molecule has 2 aliphatic heterocycles. The van der Waals surface area contributed by atoms with E-state index in [2.05, 4.69) is 40.4 Å². The van der Waals surface area contributed by atoms with E-state index in [0.29, 0.717) is 10.7 Å². The Morgan fingerprint density at radius 2 is 1.73 bits per heavy atom. The molecule has 0 aliphatic carbocycles. The summed E-state index contributed by atoms with van der Waals surface area (Å²) in [5.41, 5.74) is 5.52. The van der Waals surface area contributed by atoms with Gasteiger partial charge in [-0.25, -0.2) is 5.01 Å². The van der Waals surface area contributed by atoms with Gasteiger partial charge in [-0.15, -0.1) is 0 Å². The van der Waals surface area contributed by atoms with Crippen molar-refractivity contribution in [3.05, 3.63) is 63.6 Å². The first-order valence-electron chi connectivity index (χ1n) is 10.5. The maximum absolute atomic E-state index is 13.2. The van der Waals surface area contributed by atoms with Crippen LogP contribution in [0.25, 0.3) is 0 Å². The molecule has 5 nitrogen and oxygen atoms in total. The van der Waals surface area contributed by atoms with Crippen molar-refractivity contribution in [2.45, 2.75) is 38.6 Å². The molecule has 0 radical (unpaired) electrons. The Labute approximate surface area is 191 Å². The van der Waals surface area contributed by atoms with E-state index in [0.717, 1.165) is 41.7 Å². The van der Waals surface area contributed by atoms with Crippen LogP contribution in [0, 0.1) is 5.92 Å². The maximum Gasteiger partial charge on any atom is 0.282 e. The molecular weight excluding hydrogens is 464 g/mol. The Kier molecular flexibility index (Phi) is 6.76. The summed E-state index contributed by atoms with van der Waals surface area (Å²) in [5.74, 6) is -0.213. The lowest BCUT2D eigenvalue weighted by atomic mass is 9.91. The Balaban J connectivity index is 1.65. The average Bonchev–Trinajstić information content (AvgIpc) is 2.89. The first-order chi connectivity index (χ1) is 14.5. The molecule has 2 aliphatic rings. The van der Waals surface area contributed by atoms with Crippen LogP contribution in [0.2, 0.25) is 5.02 Å². The summed E-state index contributed by atoms with van der Waals surface area (Å²) >= 11 is 10.0. The molecule has 0 saturated carbocycles. The number of para-hydroxylation sites is 1. The third-order valence-corrected chi connectivity index (χ3v) is 6.64. The molecule has 7 heteroatoms. The van der Waals surface area contributed by atoms with Crippen molar-refractivity contribution in [3.63, 3.8) is 0 Å². The zero-order valence-electron chi connectivity index (χ0n) is 17.0. The second kappa shape index (κ2) is 9.50. The van der Waals surface area contributed by atoms with Crippen molar-refractivity contribution >= 4 is 44.8 Å². The van der Waals surface area contributed by atoms with Gasteiger partial charge in [-0.05, 0) is 42.7 Å². The van der Waals surface area contributed by atoms with Crippen molar-refractivity contribution in [2.75, 3.05) is 18.1 Å². The number of carbonyl (C=O) groups excluding carboxylic acids is 1. The quantitative estimate of drug-likeness (QED) is 0.611. The number of hydrazone groups is 1. The SMILES string of the molecule is CC1C(C(=O)NN2CCCCCC2)=NN(c2ccccc2Cl)C1c1ccc(Br)cc1. The number of amides is 1. The van der Waals surface area contributed by atoms with E-state index in [-0.39, 0.29) is 17.9 Å². The largest absolute Gasteiger partial charge is 0.284 e. The van der Waals surface area contributed by atoms with Crippen LogP contribution < -0.4 is 10.4 Å². The van der Waals surface area contributed by atoms with Crippen molar-refractivity contribution in [2.24, 2.45) is 11.0 Å². The second-order valence-corrected chi connectivity index (χ2v) is 9.23. The zero-order chi connectivity index (χ0) is 21.1. The summed E-state index contributed by atoms with van der Waals surface area (Å²) in [6, 6.07) is 15.7. The third kappa shape index (κ3) is 4.56. The first-order valence-corrected chi connectivity index (χ1v) is 11.7. The number of hydrogen-bond donors (Lipinski definition) is 1. The highest BCUT2D eigenvalue weighted by Crippen LogP contribution is 2.41. The van der Waals surface area contributed by atoms with E-state index < -0.39 is 0 Å². The summed E-state index contributed by atoms with van der Waals surface area (Å²) in [7, 11) is 0. The highest BCUT2D eigenvalue weighted by molar-refractivity contribution is 9.10. The van der Waals surface area contributed by atoms with Gasteiger partial charge in [0.25, 0.3) is 5.91 Å². The number of nitrogens with one attached hydrogen (secondary N) is 1. The standard InChI is InChI=1S/C23H26BrClN4O/c1-16-21(23(30)27-28-14-6-2-3-7-15-28)26-29(20-9-5-4-8-19(20)25)22(16)17-10-12-18(24)13-11-17/h4-5,8-13,16,22H,2-3,6-7,14-15H2,1H3,(H,27,30). The molecule has 2 heterocycles. The van der Waals surface area contributed by atoms with E-state index in [1.165, 1.54) is 12.8 Å². The van der Waals surface area contributed by atoms with E-state index in [4.69, 9.17) is 16.7 Å². The fourth-order valence-electron chi connectivity index (χ4n) is 4.20. The molecule has 30 heavy (non-hydrogen) atoms. The highest BCUT2D eigenvalue weighted by atomic mass is 79.9. The number of rotatable bonds is 4. The highest BCUT2D eigenvalue weighted by Gasteiger charge is 2.40. The number of hydrogen-bond acceptors (Lipinski definition) is 4. The number of nitrogens with zero attached hydrogens (tertiary/aromatic N) is 3. The van der Waals surface area contributed by atoms with E-state index in [1.807, 2.05) is 46.4 Å². The van der Waals surface area contributed by atoms with Gasteiger partial charge in [0.1, 0.15) is 5.71 Å². The molecule has 1 N–H and O–H groups in total. The molecule has 1 saturated heterocycles. The van der Waals surface area contributed by atoms with Crippen molar-refractivity contribution in [1.82, 2.24) is 10.4 Å². The van der Waals surface area contributed by atoms with Gasteiger partial charge in [0, 0.05) is 23.5 Å². The van der Waals surface area contributed by atoms with Crippen molar-refractivity contribution in [3.8, 4) is 0 Å². The number of hydrazine groups is 1. The monoisotopic (exact) mass is 488 g/mol. The van der Waals surface area contributed by atoms with Gasteiger partial charge in [0.15, 0.2) is 0 Å². The fraction of sp³-hybridized carbons (Fsp3) is 0.391. The van der Waals surface area contributed by atoms with E-state index in [9.17, 15) is 4.79 Å². The van der Waals surface area contributed by atoms with Gasteiger partial charge in [-0.1, -0.05) is 71.6 Å². The minimum atomic E-state index is -0.124. The lowest BCUT2D eigenvalue weighted by Gasteiger charge is -2.27. The first kappa shape index (κ1) is 21.3. The third-order valence-electron chi connectivity index (χ3n) is 5.79. The van der Waals surface area contributed by atoms with Crippen LogP contribution in [0.15, 0.2) is 58.1 Å². The fourth-order valence-corrected chi connectivity index (χ4v) is 4.68. The molecular formula is C23H26BrClN4O. The predicted octanol–water partition coefficient (Wildman–Crippen LogP) is 5.56. The smallest absolute Gasteiger partial charge is 0.282 e. The van der Waals surface area contributed by atoms with E-state index >= 15 is 0 Å². The lowest BCUT2D eigenvalue weighted by Crippen LogP contribution is -2.46. The van der Waals surface area contributed by atoms with Crippen LogP contribution in [0.5, 0.6) is 0 Å². The predicted molar refractivity (Wildman–Crippen MR) is 126 cm³/mol. The maximum atomic E-state index is 13.2. The molecule has 4 rings (SSSR count). The van der Waals surface area contributed by atoms with Gasteiger partial charge >= 0.3 is 0 Å². The molecule has 2 unspecified atom stereocenters. The van der Waals surface area contributed by atoms with Gasteiger partial charge in [0.05, 0.1) is 16.8 Å². The number of anilines is 1. The summed E-state index contributed by atoms with van der Waals surface area (Å²) < 4.78 is 1.02. The second-order valence-electron chi connectivity index (χ2n) is 7.91. The van der Waals surface area contributed by atoms with Crippen molar-refractivity contribution < 1.29 is 4.79 Å². The Bertz CT molecular complexity index is 925. The topological polar surface area (TPSA) is 47.9 Å². The molecule has 2 aromatic carbocycles. The summed E-state index contributed by atoms with van der Waals surface area (Å²) in [6.07, 6.45) is 4.65. The van der Waals surface area contributed by atoms with Gasteiger partial charge < -0.3 is 0 Å². The van der Waals surface area contributed by atoms with Crippen LogP contribution >= 0.6 is 27.5 Å². The van der Waals surface area contributed by atoms with Crippen molar-refractivity contribution in [1.29, 1.82) is 0 Å². The Hall–Kier alpha value is -1.89.